The van der Waals surface area contributed by atoms with Crippen molar-refractivity contribution in [2.75, 3.05) is 5.32 Å². The summed E-state index contributed by atoms with van der Waals surface area (Å²) in [5.41, 5.74) is 0.375. The molecule has 0 spiro atoms. The summed E-state index contributed by atoms with van der Waals surface area (Å²) in [5, 5.41) is 7.15. The van der Waals surface area contributed by atoms with Crippen LogP contribution in [-0.4, -0.2) is 24.7 Å². The van der Waals surface area contributed by atoms with Crippen molar-refractivity contribution < 1.29 is 13.6 Å². The molecule has 0 saturated carbocycles. The number of fused-ring (bicyclic) bond motifs is 3. The fourth-order valence-corrected chi connectivity index (χ4v) is 3.76. The number of benzene rings is 3. The van der Waals surface area contributed by atoms with Crippen LogP contribution >= 0.6 is 0 Å². The Hall–Kier alpha value is -4.60. The minimum absolute atomic E-state index is 0.0473. The maximum absolute atomic E-state index is 13.3. The lowest BCUT2D eigenvalue weighted by molar-refractivity contribution is -0.117. The van der Waals surface area contributed by atoms with Crippen LogP contribution < -0.4 is 16.6 Å². The Morgan fingerprint density at radius 3 is 2.24 bits per heavy atom. The van der Waals surface area contributed by atoms with Crippen molar-refractivity contribution in [2.24, 2.45) is 0 Å². The molecule has 0 bridgehead atoms. The highest BCUT2D eigenvalue weighted by atomic mass is 19.1. The predicted molar refractivity (Wildman–Crippen MR) is 122 cm³/mol. The molecule has 0 aliphatic carbocycles. The quantitative estimate of drug-likeness (QED) is 0.436. The number of halogens is 2. The van der Waals surface area contributed by atoms with Gasteiger partial charge in [-0.1, -0.05) is 24.3 Å². The zero-order chi connectivity index (χ0) is 23.8. The molecule has 0 atom stereocenters. The standard InChI is InChI=1S/C24H17F2N5O3/c25-16-7-5-15(6-8-16)13-29-22(33)19-3-1-2-4-20(19)31-23(29)28-30(24(31)34)14-21(32)27-18-11-9-17(26)10-12-18/h1-12H,13-14H2,(H,27,32). The van der Waals surface area contributed by atoms with Crippen LogP contribution in [0.25, 0.3) is 16.7 Å². The van der Waals surface area contributed by atoms with E-state index in [1.807, 2.05) is 0 Å². The van der Waals surface area contributed by atoms with Crippen molar-refractivity contribution in [3.8, 4) is 0 Å². The molecule has 5 aromatic rings. The fraction of sp³-hybridized carbons (Fsp3) is 0.0833. The Morgan fingerprint density at radius 1 is 0.882 bits per heavy atom. The van der Waals surface area contributed by atoms with Crippen molar-refractivity contribution in [2.45, 2.75) is 13.1 Å². The summed E-state index contributed by atoms with van der Waals surface area (Å²) >= 11 is 0. The van der Waals surface area contributed by atoms with E-state index in [0.29, 0.717) is 22.2 Å². The highest BCUT2D eigenvalue weighted by Gasteiger charge is 2.19. The third kappa shape index (κ3) is 3.85. The zero-order valence-electron chi connectivity index (χ0n) is 17.6. The van der Waals surface area contributed by atoms with Crippen LogP contribution in [0.5, 0.6) is 0 Å². The monoisotopic (exact) mass is 461 g/mol. The van der Waals surface area contributed by atoms with E-state index in [4.69, 9.17) is 0 Å². The molecule has 0 radical (unpaired) electrons. The van der Waals surface area contributed by atoms with Gasteiger partial charge in [0.05, 0.1) is 17.4 Å². The van der Waals surface area contributed by atoms with Gasteiger partial charge in [-0.25, -0.2) is 22.7 Å². The largest absolute Gasteiger partial charge is 0.352 e. The van der Waals surface area contributed by atoms with Gasteiger partial charge in [-0.3, -0.25) is 14.2 Å². The molecule has 170 valence electrons. The van der Waals surface area contributed by atoms with Crippen LogP contribution in [0.4, 0.5) is 14.5 Å². The first-order valence-corrected chi connectivity index (χ1v) is 10.3. The maximum Gasteiger partial charge on any atom is 0.352 e. The molecule has 0 aliphatic heterocycles. The van der Waals surface area contributed by atoms with E-state index in [2.05, 4.69) is 10.4 Å². The molecular weight excluding hydrogens is 444 g/mol. The number of carbonyl (C=O) groups is 1. The molecule has 1 amide bonds. The number of nitrogens with one attached hydrogen (secondary N) is 1. The summed E-state index contributed by atoms with van der Waals surface area (Å²) in [5.74, 6) is -1.35. The first-order valence-electron chi connectivity index (χ1n) is 10.3. The number of hydrogen-bond acceptors (Lipinski definition) is 4. The molecule has 2 aromatic heterocycles. The number of rotatable bonds is 5. The van der Waals surface area contributed by atoms with Crippen LogP contribution in [-0.2, 0) is 17.9 Å². The Kier molecular flexibility index (Phi) is 5.25. The van der Waals surface area contributed by atoms with E-state index in [0.717, 1.165) is 4.68 Å². The molecule has 0 saturated heterocycles. The Morgan fingerprint density at radius 2 is 1.53 bits per heavy atom. The van der Waals surface area contributed by atoms with E-state index < -0.39 is 29.8 Å². The lowest BCUT2D eigenvalue weighted by Crippen LogP contribution is -2.29. The van der Waals surface area contributed by atoms with Gasteiger partial charge in [-0.05, 0) is 54.1 Å². The molecule has 3 aromatic carbocycles. The number of hydrogen-bond donors (Lipinski definition) is 1. The van der Waals surface area contributed by atoms with E-state index in [-0.39, 0.29) is 17.9 Å². The molecule has 1 N–H and O–H groups in total. The van der Waals surface area contributed by atoms with Gasteiger partial charge >= 0.3 is 5.69 Å². The summed E-state index contributed by atoms with van der Waals surface area (Å²) in [4.78, 5) is 39.0. The molecule has 34 heavy (non-hydrogen) atoms. The number of nitrogens with zero attached hydrogens (tertiary/aromatic N) is 4. The number of para-hydroxylation sites is 1. The van der Waals surface area contributed by atoms with Crippen LogP contribution in [0.3, 0.4) is 0 Å². The zero-order valence-corrected chi connectivity index (χ0v) is 17.6. The van der Waals surface area contributed by atoms with Crippen molar-refractivity contribution in [3.05, 3.63) is 111 Å². The van der Waals surface area contributed by atoms with Crippen LogP contribution in [0.15, 0.2) is 82.4 Å². The number of amides is 1. The third-order valence-corrected chi connectivity index (χ3v) is 5.36. The fourth-order valence-electron chi connectivity index (χ4n) is 3.76. The number of carbonyl (C=O) groups excluding carboxylic acids is 1. The van der Waals surface area contributed by atoms with Gasteiger partial charge in [0.25, 0.3) is 5.56 Å². The molecular formula is C24H17F2N5O3. The molecule has 0 unspecified atom stereocenters. The van der Waals surface area contributed by atoms with Crippen molar-refractivity contribution >= 4 is 28.3 Å². The van der Waals surface area contributed by atoms with E-state index in [9.17, 15) is 23.2 Å². The van der Waals surface area contributed by atoms with Gasteiger partial charge in [0, 0.05) is 5.69 Å². The molecule has 0 fully saturated rings. The lowest BCUT2D eigenvalue weighted by Gasteiger charge is -2.09. The van der Waals surface area contributed by atoms with Gasteiger partial charge in [0.1, 0.15) is 18.2 Å². The van der Waals surface area contributed by atoms with E-state index in [1.165, 1.54) is 45.4 Å². The first kappa shape index (κ1) is 21.3. The lowest BCUT2D eigenvalue weighted by atomic mass is 10.2. The molecule has 5 rings (SSSR count). The van der Waals surface area contributed by atoms with Crippen molar-refractivity contribution in [1.82, 2.24) is 18.7 Å². The van der Waals surface area contributed by atoms with Gasteiger partial charge in [-0.2, -0.15) is 0 Å². The average Bonchev–Trinajstić information content (AvgIpc) is 3.15. The Balaban J connectivity index is 1.60. The summed E-state index contributed by atoms with van der Waals surface area (Å²) in [7, 11) is 0. The highest BCUT2D eigenvalue weighted by Crippen LogP contribution is 2.13. The predicted octanol–water partition coefficient (Wildman–Crippen LogP) is 2.78. The van der Waals surface area contributed by atoms with Crippen LogP contribution in [0, 0.1) is 11.6 Å². The van der Waals surface area contributed by atoms with Gasteiger partial charge in [0.15, 0.2) is 0 Å². The Bertz CT molecular complexity index is 1650. The van der Waals surface area contributed by atoms with Gasteiger partial charge in [0.2, 0.25) is 11.7 Å². The Labute approximate surface area is 190 Å². The minimum atomic E-state index is -0.603. The summed E-state index contributed by atoms with van der Waals surface area (Å²) in [6, 6.07) is 17.4. The van der Waals surface area contributed by atoms with E-state index >= 15 is 0 Å². The third-order valence-electron chi connectivity index (χ3n) is 5.36. The number of aromatic nitrogens is 4. The maximum atomic E-state index is 13.3. The van der Waals surface area contributed by atoms with Crippen LogP contribution in [0.2, 0.25) is 0 Å². The van der Waals surface area contributed by atoms with Gasteiger partial charge < -0.3 is 5.32 Å². The summed E-state index contributed by atoms with van der Waals surface area (Å²) in [6.07, 6.45) is 0. The van der Waals surface area contributed by atoms with Crippen molar-refractivity contribution in [1.29, 1.82) is 0 Å². The second kappa shape index (κ2) is 8.39. The van der Waals surface area contributed by atoms with Gasteiger partial charge in [-0.15, -0.1) is 5.10 Å². The first-order chi connectivity index (χ1) is 16.4. The second-order valence-electron chi connectivity index (χ2n) is 7.67. The van der Waals surface area contributed by atoms with Crippen molar-refractivity contribution in [3.63, 3.8) is 0 Å². The van der Waals surface area contributed by atoms with Crippen LogP contribution in [0.1, 0.15) is 5.56 Å². The highest BCUT2D eigenvalue weighted by molar-refractivity contribution is 5.90. The summed E-state index contributed by atoms with van der Waals surface area (Å²) in [6.45, 7) is -0.372. The van der Waals surface area contributed by atoms with E-state index in [1.54, 1.807) is 36.4 Å². The summed E-state index contributed by atoms with van der Waals surface area (Å²) < 4.78 is 30.0. The average molecular weight is 461 g/mol. The smallest absolute Gasteiger partial charge is 0.324 e. The molecule has 10 heteroatoms. The minimum Gasteiger partial charge on any atom is -0.324 e. The molecule has 2 heterocycles. The second-order valence-corrected chi connectivity index (χ2v) is 7.67. The normalized spacial score (nSPS) is 11.2. The number of anilines is 1. The topological polar surface area (TPSA) is 90.4 Å². The SMILES string of the molecule is O=C(Cn1nc2n(Cc3ccc(F)cc3)c(=O)c3ccccc3n2c1=O)Nc1ccc(F)cc1. The molecule has 8 nitrogen and oxygen atoms in total. The molecule has 0 aliphatic rings.